The highest BCUT2D eigenvalue weighted by Crippen LogP contribution is 2.19. The molecule has 6 heteroatoms. The summed E-state index contributed by atoms with van der Waals surface area (Å²) in [6, 6.07) is 16.9. The lowest BCUT2D eigenvalue weighted by molar-refractivity contribution is 0.0945. The van der Waals surface area contributed by atoms with Crippen LogP contribution in [0.4, 0.5) is 0 Å². The van der Waals surface area contributed by atoms with Crippen molar-refractivity contribution < 1.29 is 14.3 Å². The fourth-order valence-electron chi connectivity index (χ4n) is 2.70. The summed E-state index contributed by atoms with van der Waals surface area (Å²) >= 11 is 0. The number of ether oxygens (including phenoxy) is 2. The topological polar surface area (TPSA) is 65.4 Å². The number of methoxy groups -OCH3 is 2. The first-order valence-electron chi connectivity index (χ1n) is 8.23. The Kier molecular flexibility index (Phi) is 5.22. The number of benzene rings is 2. The molecule has 0 saturated heterocycles. The smallest absolute Gasteiger partial charge is 0.272 e. The van der Waals surface area contributed by atoms with E-state index in [1.54, 1.807) is 25.0 Å². The van der Waals surface area contributed by atoms with Crippen molar-refractivity contribution >= 4 is 5.91 Å². The van der Waals surface area contributed by atoms with Crippen LogP contribution in [0.3, 0.4) is 0 Å². The molecule has 1 heterocycles. The van der Waals surface area contributed by atoms with E-state index in [1.807, 2.05) is 55.5 Å². The molecule has 0 saturated carbocycles. The number of para-hydroxylation sites is 1. The van der Waals surface area contributed by atoms with Crippen molar-refractivity contribution in [3.63, 3.8) is 0 Å². The Hall–Kier alpha value is -3.28. The third-order valence-electron chi connectivity index (χ3n) is 4.05. The van der Waals surface area contributed by atoms with Gasteiger partial charge in [0, 0.05) is 23.9 Å². The van der Waals surface area contributed by atoms with Gasteiger partial charge in [0.25, 0.3) is 5.91 Å². The van der Waals surface area contributed by atoms with Gasteiger partial charge in [0.05, 0.1) is 19.9 Å². The fraction of sp³-hybridized carbons (Fsp3) is 0.200. The van der Waals surface area contributed by atoms with Crippen LogP contribution in [0.25, 0.3) is 5.69 Å². The van der Waals surface area contributed by atoms with Crippen molar-refractivity contribution in [1.82, 2.24) is 15.1 Å². The van der Waals surface area contributed by atoms with Gasteiger partial charge in [0.1, 0.15) is 11.5 Å². The van der Waals surface area contributed by atoms with E-state index in [-0.39, 0.29) is 5.91 Å². The minimum absolute atomic E-state index is 0.236. The summed E-state index contributed by atoms with van der Waals surface area (Å²) < 4.78 is 12.3. The molecule has 0 atom stereocenters. The van der Waals surface area contributed by atoms with Gasteiger partial charge >= 0.3 is 0 Å². The predicted molar refractivity (Wildman–Crippen MR) is 99.0 cm³/mol. The van der Waals surface area contributed by atoms with E-state index in [0.29, 0.717) is 12.2 Å². The molecule has 0 spiro atoms. The Bertz CT molecular complexity index is 918. The Balaban J connectivity index is 1.76. The lowest BCUT2D eigenvalue weighted by Crippen LogP contribution is -2.23. The van der Waals surface area contributed by atoms with Crippen LogP contribution >= 0.6 is 0 Å². The van der Waals surface area contributed by atoms with E-state index in [0.717, 1.165) is 28.4 Å². The van der Waals surface area contributed by atoms with Gasteiger partial charge in [-0.15, -0.1) is 0 Å². The highest BCUT2D eigenvalue weighted by atomic mass is 16.5. The summed E-state index contributed by atoms with van der Waals surface area (Å²) in [5, 5.41) is 7.31. The first-order chi connectivity index (χ1) is 12.6. The molecule has 0 bridgehead atoms. The van der Waals surface area contributed by atoms with Crippen molar-refractivity contribution in [3.05, 3.63) is 71.5 Å². The molecule has 26 heavy (non-hydrogen) atoms. The zero-order chi connectivity index (χ0) is 18.5. The molecule has 0 aliphatic carbocycles. The molecule has 0 aliphatic heterocycles. The molecular formula is C20H21N3O3. The highest BCUT2D eigenvalue weighted by Gasteiger charge is 2.14. The number of aryl methyl sites for hydroxylation is 1. The monoisotopic (exact) mass is 351 g/mol. The minimum atomic E-state index is -0.236. The molecule has 0 radical (unpaired) electrons. The molecule has 0 fully saturated rings. The van der Waals surface area contributed by atoms with Crippen LogP contribution < -0.4 is 14.8 Å². The zero-order valence-electron chi connectivity index (χ0n) is 15.0. The number of carbonyl (C=O) groups excluding carboxylic acids is 1. The lowest BCUT2D eigenvalue weighted by Gasteiger charge is -2.08. The van der Waals surface area contributed by atoms with Gasteiger partial charge in [0.2, 0.25) is 0 Å². The van der Waals surface area contributed by atoms with Crippen molar-refractivity contribution in [2.45, 2.75) is 13.5 Å². The Morgan fingerprint density at radius 1 is 1.08 bits per heavy atom. The predicted octanol–water partition coefficient (Wildman–Crippen LogP) is 3.13. The summed E-state index contributed by atoms with van der Waals surface area (Å²) in [5.74, 6) is 1.24. The normalized spacial score (nSPS) is 10.4. The second-order valence-electron chi connectivity index (χ2n) is 5.78. The fourth-order valence-corrected chi connectivity index (χ4v) is 2.70. The van der Waals surface area contributed by atoms with Crippen LogP contribution in [0.15, 0.2) is 54.6 Å². The van der Waals surface area contributed by atoms with Gasteiger partial charge in [-0.05, 0) is 31.2 Å². The van der Waals surface area contributed by atoms with Crippen molar-refractivity contribution in [3.8, 4) is 17.2 Å². The molecule has 6 nitrogen and oxygen atoms in total. The first-order valence-corrected chi connectivity index (χ1v) is 8.23. The standard InChI is InChI=1S/C20H21N3O3/c1-14-11-18(22-23(14)16-8-6-9-17(12-16)25-2)20(24)21-13-15-7-4-5-10-19(15)26-3/h4-12H,13H2,1-3H3,(H,21,24). The molecule has 1 aromatic heterocycles. The Morgan fingerprint density at radius 2 is 1.88 bits per heavy atom. The van der Waals surface area contributed by atoms with Crippen molar-refractivity contribution in [1.29, 1.82) is 0 Å². The van der Waals surface area contributed by atoms with E-state index in [9.17, 15) is 4.79 Å². The molecule has 134 valence electrons. The number of nitrogens with one attached hydrogen (secondary N) is 1. The summed E-state index contributed by atoms with van der Waals surface area (Å²) in [4.78, 5) is 12.5. The van der Waals surface area contributed by atoms with E-state index < -0.39 is 0 Å². The average molecular weight is 351 g/mol. The number of nitrogens with zero attached hydrogens (tertiary/aromatic N) is 2. The van der Waals surface area contributed by atoms with Crippen LogP contribution in [-0.2, 0) is 6.54 Å². The van der Waals surface area contributed by atoms with Gasteiger partial charge in [-0.2, -0.15) is 5.10 Å². The van der Waals surface area contributed by atoms with Crippen LogP contribution in [0.1, 0.15) is 21.7 Å². The van der Waals surface area contributed by atoms with Crippen LogP contribution in [0.5, 0.6) is 11.5 Å². The highest BCUT2D eigenvalue weighted by molar-refractivity contribution is 5.92. The number of amides is 1. The maximum absolute atomic E-state index is 12.5. The molecule has 1 amide bonds. The quantitative estimate of drug-likeness (QED) is 0.741. The van der Waals surface area contributed by atoms with E-state index in [1.165, 1.54) is 0 Å². The van der Waals surface area contributed by atoms with Gasteiger partial charge in [0.15, 0.2) is 5.69 Å². The molecule has 0 aliphatic rings. The Labute approximate surface area is 152 Å². The third-order valence-corrected chi connectivity index (χ3v) is 4.05. The number of rotatable bonds is 6. The van der Waals surface area contributed by atoms with Crippen molar-refractivity contribution in [2.75, 3.05) is 14.2 Å². The van der Waals surface area contributed by atoms with Crippen LogP contribution in [-0.4, -0.2) is 29.9 Å². The molecule has 3 rings (SSSR count). The molecular weight excluding hydrogens is 330 g/mol. The Morgan fingerprint density at radius 3 is 2.65 bits per heavy atom. The van der Waals surface area contributed by atoms with Gasteiger partial charge in [-0.3, -0.25) is 4.79 Å². The van der Waals surface area contributed by atoms with E-state index >= 15 is 0 Å². The molecule has 2 aromatic carbocycles. The van der Waals surface area contributed by atoms with Gasteiger partial charge in [-0.25, -0.2) is 4.68 Å². The van der Waals surface area contributed by atoms with Crippen LogP contribution in [0.2, 0.25) is 0 Å². The molecule has 0 unspecified atom stereocenters. The molecule has 3 aromatic rings. The summed E-state index contributed by atoms with van der Waals surface area (Å²) in [6.45, 7) is 2.28. The lowest BCUT2D eigenvalue weighted by atomic mass is 10.2. The minimum Gasteiger partial charge on any atom is -0.497 e. The second-order valence-corrected chi connectivity index (χ2v) is 5.78. The largest absolute Gasteiger partial charge is 0.497 e. The number of aromatic nitrogens is 2. The maximum atomic E-state index is 12.5. The summed E-state index contributed by atoms with van der Waals surface area (Å²) in [5.41, 5.74) is 2.97. The number of hydrogen-bond donors (Lipinski definition) is 1. The van der Waals surface area contributed by atoms with Gasteiger partial charge < -0.3 is 14.8 Å². The first kappa shape index (κ1) is 17.5. The number of carbonyl (C=O) groups is 1. The average Bonchev–Trinajstić information content (AvgIpc) is 3.08. The molecule has 1 N–H and O–H groups in total. The van der Waals surface area contributed by atoms with Crippen molar-refractivity contribution in [2.24, 2.45) is 0 Å². The second kappa shape index (κ2) is 7.74. The zero-order valence-corrected chi connectivity index (χ0v) is 15.0. The summed E-state index contributed by atoms with van der Waals surface area (Å²) in [7, 11) is 3.23. The van der Waals surface area contributed by atoms with Gasteiger partial charge in [-0.1, -0.05) is 24.3 Å². The van der Waals surface area contributed by atoms with E-state index in [4.69, 9.17) is 9.47 Å². The number of hydrogen-bond acceptors (Lipinski definition) is 4. The third kappa shape index (κ3) is 3.69. The van der Waals surface area contributed by atoms with Crippen LogP contribution in [0, 0.1) is 6.92 Å². The van der Waals surface area contributed by atoms with E-state index in [2.05, 4.69) is 10.4 Å². The summed E-state index contributed by atoms with van der Waals surface area (Å²) in [6.07, 6.45) is 0. The maximum Gasteiger partial charge on any atom is 0.272 e. The SMILES string of the molecule is COc1cccc(-n2nc(C(=O)NCc3ccccc3OC)cc2C)c1.